The fourth-order valence-electron chi connectivity index (χ4n) is 6.62. The molecule has 0 aromatic carbocycles. The van der Waals surface area contributed by atoms with Crippen LogP contribution in [0.2, 0.25) is 0 Å². The van der Waals surface area contributed by atoms with Crippen molar-refractivity contribution in [3.05, 3.63) is 75.9 Å². The number of allylic oxidation sites excluding steroid dienone is 1. The molecule has 0 aromatic rings. The Morgan fingerprint density at radius 3 is 0.982 bits per heavy atom. The van der Waals surface area contributed by atoms with Crippen LogP contribution >= 0.6 is 0 Å². The molecule has 1 fully saturated rings. The van der Waals surface area contributed by atoms with Gasteiger partial charge in [-0.25, -0.2) is 46.3 Å². The molecule has 0 radical (unpaired) electrons. The van der Waals surface area contributed by atoms with Crippen LogP contribution in [0.4, 0.5) is 167 Å². The summed E-state index contributed by atoms with van der Waals surface area (Å²) in [5.41, 5.74) is -22.4. The van der Waals surface area contributed by atoms with Crippen LogP contribution in [-0.4, -0.2) is 252 Å². The van der Waals surface area contributed by atoms with Gasteiger partial charge in [0.25, 0.3) is 5.85 Å². The van der Waals surface area contributed by atoms with E-state index < -0.39 is 254 Å². The van der Waals surface area contributed by atoms with Gasteiger partial charge in [-0.05, 0) is 17.0 Å². The summed E-state index contributed by atoms with van der Waals surface area (Å²) in [6, 6.07) is 0. The van der Waals surface area contributed by atoms with Crippen molar-refractivity contribution in [3.63, 3.8) is 0 Å². The first-order chi connectivity index (χ1) is 50.5. The summed E-state index contributed by atoms with van der Waals surface area (Å²) >= 11 is 0. The molecular formula is C54H50F38O21. The van der Waals surface area contributed by atoms with Gasteiger partial charge in [0.05, 0.1) is 19.8 Å². The number of carbonyl (C=O) groups is 6. The quantitative estimate of drug-likeness (QED) is 0.0148. The third-order valence-electron chi connectivity index (χ3n) is 12.6. The highest BCUT2D eigenvalue weighted by Gasteiger charge is 2.97. The zero-order valence-electron chi connectivity index (χ0n) is 54.9. The average molecular weight is 1760 g/mol. The molecule has 5 unspecified atom stereocenters. The monoisotopic (exact) mass is 1760 g/mol. The Bertz CT molecular complexity index is 3230. The molecule has 59 heteroatoms. The zero-order valence-corrected chi connectivity index (χ0v) is 54.9. The van der Waals surface area contributed by atoms with Crippen LogP contribution in [0.1, 0.15) is 12.8 Å². The molecule has 21 nitrogen and oxygen atoms in total. The molecule has 1 aliphatic carbocycles. The van der Waals surface area contributed by atoms with Gasteiger partial charge in [-0.3, -0.25) is 14.3 Å². The van der Waals surface area contributed by atoms with Crippen molar-refractivity contribution in [3.8, 4) is 0 Å². The molecule has 113 heavy (non-hydrogen) atoms. The highest BCUT2D eigenvalue weighted by atomic mass is 19.4. The summed E-state index contributed by atoms with van der Waals surface area (Å²) < 4.78 is 601. The fourth-order valence-corrected chi connectivity index (χ4v) is 6.62. The number of halogens is 38. The third kappa shape index (κ3) is 26.2. The van der Waals surface area contributed by atoms with E-state index in [0.717, 1.165) is 0 Å². The summed E-state index contributed by atoms with van der Waals surface area (Å²) in [4.78, 5) is 65.5. The number of alkyl halides is 37. The highest BCUT2D eigenvalue weighted by molar-refractivity contribution is 5.82. The van der Waals surface area contributed by atoms with E-state index in [4.69, 9.17) is 9.90 Å². The maximum Gasteiger partial charge on any atom is 0.452 e. The van der Waals surface area contributed by atoms with Gasteiger partial charge in [0.2, 0.25) is 11.3 Å². The third-order valence-corrected chi connectivity index (χ3v) is 12.6. The van der Waals surface area contributed by atoms with Crippen LogP contribution in [0.25, 0.3) is 0 Å². The van der Waals surface area contributed by atoms with E-state index in [2.05, 4.69) is 96.3 Å². The first-order valence-corrected chi connectivity index (χ1v) is 28.1. The van der Waals surface area contributed by atoms with Crippen molar-refractivity contribution < 1.29 is 267 Å². The van der Waals surface area contributed by atoms with Crippen LogP contribution in [0.15, 0.2) is 75.9 Å². The van der Waals surface area contributed by atoms with Crippen molar-refractivity contribution in [2.24, 2.45) is 0 Å². The number of rotatable bonds is 49. The Labute approximate surface area is 602 Å². The minimum Gasteiger partial charge on any atom is -0.456 e. The molecule has 0 bridgehead atoms. The van der Waals surface area contributed by atoms with E-state index >= 15 is 57.1 Å². The molecule has 658 valence electrons. The van der Waals surface area contributed by atoms with Gasteiger partial charge in [0.15, 0.2) is 33.0 Å². The van der Waals surface area contributed by atoms with E-state index in [0.29, 0.717) is 12.4 Å². The van der Waals surface area contributed by atoms with Crippen LogP contribution < -0.4 is 0 Å². The first kappa shape index (κ1) is 107. The fraction of sp³-hybridized carbons (Fsp3) is 0.667. The molecule has 0 spiro atoms. The molecule has 1 rings (SSSR count). The smallest absolute Gasteiger partial charge is 0.452 e. The summed E-state index contributed by atoms with van der Waals surface area (Å²) in [6.45, 7) is -25.1. The molecule has 0 heterocycles. The number of ether oxygens (including phenoxy) is 13. The minimum atomic E-state index is -9.00. The van der Waals surface area contributed by atoms with E-state index in [1.54, 1.807) is 4.94 Å². The molecular weight excluding hydrogens is 1710 g/mol. The van der Waals surface area contributed by atoms with Gasteiger partial charge in [0, 0.05) is 43.4 Å². The average Bonchev–Trinajstić information content (AvgIpc) is 0.665. The van der Waals surface area contributed by atoms with Gasteiger partial charge >= 0.3 is 138 Å². The number of aliphatic hydroxyl groups is 1. The topological polar surface area (TPSA) is 252 Å². The standard InChI is InChI=1S/C45H41F33O17.C6H5F5O3.C3H4O/c1-5-23(80)86-18-31(51,52)39(65,66)90-11-9-10-84-14-27(46)12-28(47,15-85-16-29(48,93-42(71,72)30(49,50)13-79)17-91-40(67,68)32(53,54)19-87-24(81)6-2)38(63,64)36(60,37(27,61)62)45(77,78)95-44(75,76)35(59,94-43(73,74)34(57,58)21-89-26(83)8-4)22-92-41(69,70)33(55,56)20-88-25(82)7-3;1-2-4(12)13-3-5(7,8)6(9,10)14-11;1-2-3-4/h5-8,79H,1-4,9-22H2;2H,1,3H2;2-3H,1H2. The molecule has 1 aliphatic rings. The maximum atomic E-state index is 17.0. The number of esters is 5. The second-order valence-corrected chi connectivity index (χ2v) is 21.2. The maximum absolute atomic E-state index is 17.0. The van der Waals surface area contributed by atoms with Crippen molar-refractivity contribution in [1.82, 2.24) is 0 Å². The molecule has 0 amide bonds. The molecule has 1 N–H and O–H groups in total. The Morgan fingerprint density at radius 2 is 0.664 bits per heavy atom. The molecule has 0 saturated heterocycles. The number of aldehydes is 1. The number of hydrogen-bond acceptors (Lipinski definition) is 21. The summed E-state index contributed by atoms with van der Waals surface area (Å²) in [7, 11) is 0. The summed E-state index contributed by atoms with van der Waals surface area (Å²) in [5, 5.41) is 8.61. The first-order valence-electron chi connectivity index (χ1n) is 28.1. The minimum absolute atomic E-state index is 0.0394. The SMILES string of the molecule is C=CC(=O)OCC(F)(F)C(F)(F)OCCCOCC1(F)CC(F)(COCC(F)(COC(F)(F)C(F)(F)COC(=O)C=C)OC(F)(F)C(F)(F)CO)C(F)(F)C(F)(C(F)(F)OC(F)(F)C(F)(COC(F)(F)C(F)(F)COC(=O)C=C)OC(F)(F)C(F)(F)COC(=O)C=C)C1(F)F.C=CC(=O)OCC(F)(F)C(F)(F)OF.C=CC=O. The number of hydrogen-bond donors (Lipinski definition) is 1. The Morgan fingerprint density at radius 1 is 0.363 bits per heavy atom. The summed E-state index contributed by atoms with van der Waals surface area (Å²) in [6.07, 6.45) is -60.9. The predicted octanol–water partition coefficient (Wildman–Crippen LogP) is 13.1. The van der Waals surface area contributed by atoms with E-state index in [1.165, 1.54) is 6.08 Å². The lowest BCUT2D eigenvalue weighted by atomic mass is 9.64. The lowest BCUT2D eigenvalue weighted by Crippen LogP contribution is -2.84. The highest BCUT2D eigenvalue weighted by Crippen LogP contribution is 2.69. The van der Waals surface area contributed by atoms with Crippen molar-refractivity contribution in [2.45, 2.75) is 138 Å². The van der Waals surface area contributed by atoms with Gasteiger partial charge < -0.3 is 52.5 Å². The van der Waals surface area contributed by atoms with Crippen LogP contribution in [-0.2, 0) is 95.3 Å². The van der Waals surface area contributed by atoms with Crippen molar-refractivity contribution in [2.75, 3.05) is 85.9 Å². The normalized spacial score (nSPS) is 20.0. The van der Waals surface area contributed by atoms with Gasteiger partial charge in [-0.2, -0.15) is 145 Å². The Hall–Kier alpha value is -7.60. The Kier molecular flexibility index (Phi) is 37.0. The van der Waals surface area contributed by atoms with Gasteiger partial charge in [0.1, 0.15) is 32.7 Å². The summed E-state index contributed by atoms with van der Waals surface area (Å²) in [5.74, 6) is -76.5. The van der Waals surface area contributed by atoms with Gasteiger partial charge in [-0.15, -0.1) is 4.94 Å². The van der Waals surface area contributed by atoms with Crippen LogP contribution in [0.5, 0.6) is 0 Å². The largest absolute Gasteiger partial charge is 0.456 e. The van der Waals surface area contributed by atoms with Crippen molar-refractivity contribution in [1.29, 1.82) is 0 Å². The van der Waals surface area contributed by atoms with Crippen LogP contribution in [0, 0.1) is 0 Å². The number of carbonyl (C=O) groups excluding carboxylic acids is 6. The van der Waals surface area contributed by atoms with E-state index in [9.17, 15) is 134 Å². The van der Waals surface area contributed by atoms with Crippen molar-refractivity contribution >= 4 is 36.1 Å². The predicted molar refractivity (Wildman–Crippen MR) is 282 cm³/mol. The van der Waals surface area contributed by atoms with Crippen LogP contribution in [0.3, 0.4) is 0 Å². The molecule has 0 aliphatic heterocycles. The second-order valence-electron chi connectivity index (χ2n) is 21.2. The lowest BCUT2D eigenvalue weighted by molar-refractivity contribution is -0.539. The zero-order chi connectivity index (χ0) is 89.8. The second kappa shape index (κ2) is 38.9. The molecule has 1 saturated carbocycles. The Balaban J connectivity index is 0. The molecule has 5 atom stereocenters. The number of aliphatic hydroxyl groups excluding tert-OH is 1. The van der Waals surface area contributed by atoms with E-state index in [-0.39, 0.29) is 24.3 Å². The molecule has 0 aromatic heterocycles. The van der Waals surface area contributed by atoms with Gasteiger partial charge in [-0.1, -0.05) is 39.5 Å². The lowest BCUT2D eigenvalue weighted by Gasteiger charge is -2.56. The van der Waals surface area contributed by atoms with E-state index in [1.807, 2.05) is 4.74 Å².